The summed E-state index contributed by atoms with van der Waals surface area (Å²) < 4.78 is 0. The molecule has 0 aromatic rings. The first kappa shape index (κ1) is 10.9. The van der Waals surface area contributed by atoms with Crippen LogP contribution in [0.4, 0.5) is 0 Å². The summed E-state index contributed by atoms with van der Waals surface area (Å²) in [5.41, 5.74) is 5.26. The predicted octanol–water partition coefficient (Wildman–Crippen LogP) is 1.31. The lowest BCUT2D eigenvalue weighted by molar-refractivity contribution is -0.142. The van der Waals surface area contributed by atoms with Crippen LogP contribution in [0.1, 0.15) is 32.6 Å². The zero-order chi connectivity index (χ0) is 11.1. The Morgan fingerprint density at radius 2 is 1.93 bits per heavy atom. The van der Waals surface area contributed by atoms with E-state index < -0.39 is 5.41 Å². The first-order valence-corrected chi connectivity index (χ1v) is 6.06. The second-order valence-electron chi connectivity index (χ2n) is 4.96. The molecular weight excluding hydrogens is 208 g/mol. The molecule has 1 aliphatic heterocycles. The number of amides is 1. The third-order valence-corrected chi connectivity index (χ3v) is 4.06. The molecule has 4 heteroatoms. The molecule has 2 rings (SSSR count). The number of rotatable bonds is 2. The lowest BCUT2D eigenvalue weighted by Crippen LogP contribution is -2.56. The van der Waals surface area contributed by atoms with Crippen molar-refractivity contribution in [3.05, 3.63) is 0 Å². The monoisotopic (exact) mass is 226 g/mol. The van der Waals surface area contributed by atoms with E-state index in [1.165, 1.54) is 0 Å². The molecule has 2 fully saturated rings. The van der Waals surface area contributed by atoms with Crippen molar-refractivity contribution in [2.24, 2.45) is 17.1 Å². The van der Waals surface area contributed by atoms with Crippen molar-refractivity contribution < 1.29 is 4.79 Å². The van der Waals surface area contributed by atoms with E-state index in [4.69, 9.17) is 18.0 Å². The first-order chi connectivity index (χ1) is 7.06. The number of nitrogens with zero attached hydrogens (tertiary/aromatic N) is 1. The molecular formula is C11H18N2OS. The molecule has 0 aromatic carbocycles. The topological polar surface area (TPSA) is 46.3 Å². The summed E-state index contributed by atoms with van der Waals surface area (Å²) in [4.78, 5) is 14.6. The average Bonchev–Trinajstić information content (AvgIpc) is 2.63. The van der Waals surface area contributed by atoms with Gasteiger partial charge >= 0.3 is 0 Å². The summed E-state index contributed by atoms with van der Waals surface area (Å²) >= 11 is 5.08. The Labute approximate surface area is 96.0 Å². The zero-order valence-electron chi connectivity index (χ0n) is 9.16. The van der Waals surface area contributed by atoms with Crippen LogP contribution in [0.2, 0.25) is 0 Å². The molecule has 2 N–H and O–H groups in total. The summed E-state index contributed by atoms with van der Waals surface area (Å²) in [6.07, 6.45) is 3.93. The van der Waals surface area contributed by atoms with Crippen LogP contribution in [0.3, 0.4) is 0 Å². The summed E-state index contributed by atoms with van der Waals surface area (Å²) in [6.45, 7) is 3.92. The Morgan fingerprint density at radius 3 is 2.33 bits per heavy atom. The van der Waals surface area contributed by atoms with Crippen molar-refractivity contribution in [3.8, 4) is 0 Å². The van der Waals surface area contributed by atoms with Gasteiger partial charge in [-0.1, -0.05) is 19.1 Å². The lowest BCUT2D eigenvalue weighted by Gasteiger charge is -2.46. The quantitative estimate of drug-likeness (QED) is 0.722. The molecule has 1 heterocycles. The number of nitrogens with two attached hydrogens (primary N) is 1. The highest BCUT2D eigenvalue weighted by atomic mass is 32.1. The summed E-state index contributed by atoms with van der Waals surface area (Å²) in [7, 11) is 0. The maximum Gasteiger partial charge on any atom is 0.235 e. The Balaban J connectivity index is 2.12. The van der Waals surface area contributed by atoms with Gasteiger partial charge in [0.1, 0.15) is 0 Å². The maximum absolute atomic E-state index is 12.3. The number of carbonyl (C=O) groups excluding carboxylic acids is 1. The van der Waals surface area contributed by atoms with Crippen molar-refractivity contribution in [3.63, 3.8) is 0 Å². The minimum absolute atomic E-state index is 0.186. The van der Waals surface area contributed by atoms with Crippen molar-refractivity contribution in [1.29, 1.82) is 0 Å². The molecule has 3 nitrogen and oxygen atoms in total. The van der Waals surface area contributed by atoms with Gasteiger partial charge in [-0.15, -0.1) is 0 Å². The van der Waals surface area contributed by atoms with E-state index in [0.29, 0.717) is 10.9 Å². The van der Waals surface area contributed by atoms with Gasteiger partial charge in [-0.2, -0.15) is 0 Å². The fraction of sp³-hybridized carbons (Fsp3) is 0.818. The van der Waals surface area contributed by atoms with Gasteiger partial charge in [0.05, 0.1) is 10.4 Å². The van der Waals surface area contributed by atoms with E-state index in [0.717, 1.165) is 38.8 Å². The predicted molar refractivity (Wildman–Crippen MR) is 63.4 cm³/mol. The number of likely N-dealkylation sites (tertiary alicyclic amines) is 1. The van der Waals surface area contributed by atoms with Crippen LogP contribution in [-0.4, -0.2) is 28.9 Å². The van der Waals surface area contributed by atoms with Crippen LogP contribution in [-0.2, 0) is 4.79 Å². The molecule has 1 saturated carbocycles. The molecule has 0 aromatic heterocycles. The Bertz CT molecular complexity index is 291. The Morgan fingerprint density at radius 1 is 1.40 bits per heavy atom. The molecule has 0 atom stereocenters. The molecule has 0 spiro atoms. The van der Waals surface area contributed by atoms with E-state index in [1.807, 2.05) is 4.90 Å². The summed E-state index contributed by atoms with van der Waals surface area (Å²) in [6, 6.07) is 0. The van der Waals surface area contributed by atoms with Gasteiger partial charge in [-0.3, -0.25) is 4.79 Å². The van der Waals surface area contributed by atoms with Crippen LogP contribution >= 0.6 is 12.2 Å². The Kier molecular flexibility index (Phi) is 2.71. The minimum Gasteiger partial charge on any atom is -0.392 e. The second kappa shape index (κ2) is 3.74. The van der Waals surface area contributed by atoms with Crippen molar-refractivity contribution in [2.45, 2.75) is 32.6 Å². The molecule has 0 unspecified atom stereocenters. The van der Waals surface area contributed by atoms with E-state index >= 15 is 0 Å². The summed E-state index contributed by atoms with van der Waals surface area (Å²) in [5.74, 6) is 0.767. The average molecular weight is 226 g/mol. The van der Waals surface area contributed by atoms with Crippen molar-refractivity contribution in [1.82, 2.24) is 4.90 Å². The second-order valence-corrected chi connectivity index (χ2v) is 5.40. The van der Waals surface area contributed by atoms with Crippen LogP contribution in [0.15, 0.2) is 0 Å². The zero-order valence-corrected chi connectivity index (χ0v) is 9.98. The van der Waals surface area contributed by atoms with Crippen molar-refractivity contribution in [2.75, 3.05) is 13.1 Å². The van der Waals surface area contributed by atoms with Crippen molar-refractivity contribution >= 4 is 23.1 Å². The highest BCUT2D eigenvalue weighted by Gasteiger charge is 2.52. The molecule has 1 aliphatic carbocycles. The molecule has 1 saturated heterocycles. The third kappa shape index (κ3) is 1.65. The number of hydrogen-bond acceptors (Lipinski definition) is 2. The fourth-order valence-corrected chi connectivity index (χ4v) is 3.09. The fourth-order valence-electron chi connectivity index (χ4n) is 2.83. The maximum atomic E-state index is 12.3. The molecule has 1 amide bonds. The molecule has 0 bridgehead atoms. The first-order valence-electron chi connectivity index (χ1n) is 5.65. The van der Waals surface area contributed by atoms with Gasteiger partial charge in [-0.05, 0) is 31.6 Å². The summed E-state index contributed by atoms with van der Waals surface area (Å²) in [5, 5.41) is 0. The van der Waals surface area contributed by atoms with E-state index in [9.17, 15) is 4.79 Å². The van der Waals surface area contributed by atoms with Gasteiger partial charge in [0.2, 0.25) is 5.91 Å². The largest absolute Gasteiger partial charge is 0.392 e. The standard InChI is InChI=1S/C11H18N2OS/c1-8-6-11(7-8,9(12)15)10(14)13-4-2-3-5-13/h8H,2-7H2,1H3,(H2,12,15). The van der Waals surface area contributed by atoms with E-state index in [1.54, 1.807) is 0 Å². The van der Waals surface area contributed by atoms with Crippen LogP contribution in [0, 0.1) is 11.3 Å². The SMILES string of the molecule is CC1CC(C(=O)N2CCCC2)(C(N)=S)C1. The minimum atomic E-state index is -0.487. The Hall–Kier alpha value is -0.640. The lowest BCUT2D eigenvalue weighted by atomic mass is 9.61. The van der Waals surface area contributed by atoms with Gasteiger partial charge in [0.15, 0.2) is 0 Å². The third-order valence-electron chi connectivity index (χ3n) is 3.67. The van der Waals surface area contributed by atoms with Gasteiger partial charge in [0.25, 0.3) is 0 Å². The number of thiocarbonyl (C=S) groups is 1. The van der Waals surface area contributed by atoms with Gasteiger partial charge in [0, 0.05) is 13.1 Å². The highest BCUT2D eigenvalue weighted by molar-refractivity contribution is 7.80. The van der Waals surface area contributed by atoms with Crippen LogP contribution < -0.4 is 5.73 Å². The van der Waals surface area contributed by atoms with Gasteiger partial charge < -0.3 is 10.6 Å². The van der Waals surface area contributed by atoms with E-state index in [-0.39, 0.29) is 5.91 Å². The van der Waals surface area contributed by atoms with Gasteiger partial charge in [-0.25, -0.2) is 0 Å². The normalized spacial score (nSPS) is 35.0. The molecule has 0 radical (unpaired) electrons. The highest BCUT2D eigenvalue weighted by Crippen LogP contribution is 2.47. The van der Waals surface area contributed by atoms with E-state index in [2.05, 4.69) is 6.92 Å². The smallest absolute Gasteiger partial charge is 0.235 e. The van der Waals surface area contributed by atoms with Crippen LogP contribution in [0.25, 0.3) is 0 Å². The van der Waals surface area contributed by atoms with Crippen LogP contribution in [0.5, 0.6) is 0 Å². The number of carbonyl (C=O) groups is 1. The number of hydrogen-bond donors (Lipinski definition) is 1. The molecule has 2 aliphatic rings. The molecule has 15 heavy (non-hydrogen) atoms. The molecule has 84 valence electrons.